The molecule has 1 aliphatic heterocycles. The number of carbonyl (C=O) groups excluding carboxylic acids is 2. The van der Waals surface area contributed by atoms with Gasteiger partial charge < -0.3 is 19.7 Å². The van der Waals surface area contributed by atoms with E-state index >= 15 is 0 Å². The summed E-state index contributed by atoms with van der Waals surface area (Å²) in [6.45, 7) is 7.85. The van der Waals surface area contributed by atoms with Crippen molar-refractivity contribution in [1.82, 2.24) is 0 Å². The van der Waals surface area contributed by atoms with E-state index in [-0.39, 0.29) is 25.0 Å². The predicted octanol–water partition coefficient (Wildman–Crippen LogP) is 3.23. The molecule has 6 nitrogen and oxygen atoms in total. The molecule has 3 rings (SSSR count). The van der Waals surface area contributed by atoms with Crippen LogP contribution in [0.25, 0.3) is 0 Å². The zero-order valence-corrected chi connectivity index (χ0v) is 15.5. The highest BCUT2D eigenvalue weighted by molar-refractivity contribution is 6.00. The lowest BCUT2D eigenvalue weighted by atomic mass is 10.1. The molecule has 0 bridgehead atoms. The van der Waals surface area contributed by atoms with Gasteiger partial charge in [-0.2, -0.15) is 0 Å². The van der Waals surface area contributed by atoms with Gasteiger partial charge in [0.1, 0.15) is 11.5 Å². The minimum Gasteiger partial charge on any atom is -0.483 e. The van der Waals surface area contributed by atoms with Crippen molar-refractivity contribution < 1.29 is 19.1 Å². The highest BCUT2D eigenvalue weighted by Gasteiger charge is 2.25. The van der Waals surface area contributed by atoms with Crippen molar-refractivity contribution in [3.8, 4) is 11.5 Å². The van der Waals surface area contributed by atoms with Crippen LogP contribution >= 0.6 is 0 Å². The number of nitrogens with one attached hydrogen (secondary N) is 1. The summed E-state index contributed by atoms with van der Waals surface area (Å²) in [7, 11) is 0. The Morgan fingerprint density at radius 2 is 2.11 bits per heavy atom. The zero-order valence-electron chi connectivity index (χ0n) is 15.5. The number of amides is 2. The monoisotopic (exact) mass is 366 g/mol. The van der Waals surface area contributed by atoms with E-state index in [1.54, 1.807) is 29.2 Å². The number of hydrogen-bond donors (Lipinski definition) is 1. The minimum atomic E-state index is -0.283. The van der Waals surface area contributed by atoms with E-state index in [0.29, 0.717) is 29.4 Å². The van der Waals surface area contributed by atoms with Crippen LogP contribution in [-0.2, 0) is 9.59 Å². The van der Waals surface area contributed by atoms with Gasteiger partial charge in [0.25, 0.3) is 11.8 Å². The third kappa shape index (κ3) is 4.28. The van der Waals surface area contributed by atoms with E-state index < -0.39 is 0 Å². The molecule has 0 unspecified atom stereocenters. The maximum Gasteiger partial charge on any atom is 0.265 e. The van der Waals surface area contributed by atoms with E-state index in [0.717, 1.165) is 11.1 Å². The van der Waals surface area contributed by atoms with Crippen molar-refractivity contribution in [1.29, 1.82) is 0 Å². The number of aryl methyl sites for hydroxylation is 2. The van der Waals surface area contributed by atoms with Gasteiger partial charge in [0.2, 0.25) is 0 Å². The van der Waals surface area contributed by atoms with E-state index in [2.05, 4.69) is 11.9 Å². The first-order valence-electron chi connectivity index (χ1n) is 8.66. The SMILES string of the molecule is C=CCN1C(=O)COc2ccc(NC(=O)COc3cc(C)ccc3C)cc21. The first-order valence-corrected chi connectivity index (χ1v) is 8.66. The van der Waals surface area contributed by atoms with Crippen molar-refractivity contribution in [3.05, 3.63) is 60.2 Å². The molecule has 2 amide bonds. The van der Waals surface area contributed by atoms with E-state index in [1.807, 2.05) is 32.0 Å². The Kier molecular flexibility index (Phi) is 5.45. The van der Waals surface area contributed by atoms with Crippen LogP contribution in [-0.4, -0.2) is 31.6 Å². The number of nitrogens with zero attached hydrogens (tertiary/aromatic N) is 1. The van der Waals surface area contributed by atoms with Crippen LogP contribution in [0.3, 0.4) is 0 Å². The summed E-state index contributed by atoms with van der Waals surface area (Å²) in [5.41, 5.74) is 3.21. The molecule has 0 saturated carbocycles. The van der Waals surface area contributed by atoms with Gasteiger partial charge in [-0.3, -0.25) is 9.59 Å². The van der Waals surface area contributed by atoms with Crippen molar-refractivity contribution in [2.75, 3.05) is 30.0 Å². The van der Waals surface area contributed by atoms with Crippen molar-refractivity contribution >= 4 is 23.2 Å². The number of carbonyl (C=O) groups is 2. The molecule has 6 heteroatoms. The molecule has 1 heterocycles. The minimum absolute atomic E-state index is 0.00374. The molecule has 2 aromatic rings. The molecule has 0 radical (unpaired) electrons. The molecule has 2 aromatic carbocycles. The van der Waals surface area contributed by atoms with Gasteiger partial charge in [0, 0.05) is 12.2 Å². The number of ether oxygens (including phenoxy) is 2. The average Bonchev–Trinajstić information content (AvgIpc) is 2.65. The lowest BCUT2D eigenvalue weighted by Crippen LogP contribution is -2.38. The van der Waals surface area contributed by atoms with Gasteiger partial charge in [0.05, 0.1) is 5.69 Å². The fourth-order valence-electron chi connectivity index (χ4n) is 2.81. The Hall–Kier alpha value is -3.28. The summed E-state index contributed by atoms with van der Waals surface area (Å²) in [6, 6.07) is 11.0. The second kappa shape index (κ2) is 7.95. The summed E-state index contributed by atoms with van der Waals surface area (Å²) in [6.07, 6.45) is 1.65. The standard InChI is InChI=1S/C21H22N2O4/c1-4-9-23-17-11-16(7-8-18(17)27-13-21(23)25)22-20(24)12-26-19-10-14(2)5-6-15(19)3/h4-8,10-11H,1,9,12-13H2,2-3H3,(H,22,24). The van der Waals surface area contributed by atoms with Gasteiger partial charge >= 0.3 is 0 Å². The van der Waals surface area contributed by atoms with Crippen LogP contribution in [0.1, 0.15) is 11.1 Å². The second-order valence-corrected chi connectivity index (χ2v) is 6.37. The van der Waals surface area contributed by atoms with Gasteiger partial charge in [-0.25, -0.2) is 0 Å². The molecule has 0 spiro atoms. The van der Waals surface area contributed by atoms with Gasteiger partial charge in [-0.05, 0) is 49.2 Å². The Labute approximate surface area is 158 Å². The predicted molar refractivity (Wildman–Crippen MR) is 105 cm³/mol. The molecule has 0 aliphatic carbocycles. The summed E-state index contributed by atoms with van der Waals surface area (Å²) in [5.74, 6) is 0.853. The molecule has 0 atom stereocenters. The molecule has 0 saturated heterocycles. The van der Waals surface area contributed by atoms with Crippen LogP contribution in [0, 0.1) is 13.8 Å². The maximum atomic E-state index is 12.3. The maximum absolute atomic E-state index is 12.3. The lowest BCUT2D eigenvalue weighted by molar-refractivity contribution is -0.121. The lowest BCUT2D eigenvalue weighted by Gasteiger charge is -2.28. The number of fused-ring (bicyclic) bond motifs is 1. The Morgan fingerprint density at radius 1 is 1.30 bits per heavy atom. The van der Waals surface area contributed by atoms with Crippen LogP contribution < -0.4 is 19.7 Å². The normalized spacial score (nSPS) is 12.8. The molecule has 0 fully saturated rings. The first kappa shape index (κ1) is 18.5. The number of hydrogen-bond acceptors (Lipinski definition) is 4. The Balaban J connectivity index is 1.69. The summed E-state index contributed by atoms with van der Waals surface area (Å²) in [4.78, 5) is 25.9. The van der Waals surface area contributed by atoms with Crippen molar-refractivity contribution in [3.63, 3.8) is 0 Å². The van der Waals surface area contributed by atoms with Crippen LogP contribution in [0.5, 0.6) is 11.5 Å². The highest BCUT2D eigenvalue weighted by atomic mass is 16.5. The largest absolute Gasteiger partial charge is 0.483 e. The summed E-state index contributed by atoms with van der Waals surface area (Å²) in [5, 5.41) is 2.79. The fourth-order valence-corrected chi connectivity index (χ4v) is 2.81. The van der Waals surface area contributed by atoms with Crippen LogP contribution in [0.15, 0.2) is 49.1 Å². The molecular formula is C21H22N2O4. The smallest absolute Gasteiger partial charge is 0.265 e. The molecule has 0 aromatic heterocycles. The fraction of sp³-hybridized carbons (Fsp3) is 0.238. The topological polar surface area (TPSA) is 67.9 Å². The molecule has 140 valence electrons. The van der Waals surface area contributed by atoms with E-state index in [4.69, 9.17) is 9.47 Å². The van der Waals surface area contributed by atoms with Gasteiger partial charge in [-0.15, -0.1) is 6.58 Å². The van der Waals surface area contributed by atoms with Crippen LogP contribution in [0.4, 0.5) is 11.4 Å². The van der Waals surface area contributed by atoms with Crippen molar-refractivity contribution in [2.24, 2.45) is 0 Å². The highest BCUT2D eigenvalue weighted by Crippen LogP contribution is 2.34. The molecule has 1 aliphatic rings. The van der Waals surface area contributed by atoms with E-state index in [9.17, 15) is 9.59 Å². The number of benzene rings is 2. The van der Waals surface area contributed by atoms with Crippen molar-refractivity contribution in [2.45, 2.75) is 13.8 Å². The molecule has 1 N–H and O–H groups in total. The van der Waals surface area contributed by atoms with Gasteiger partial charge in [0.15, 0.2) is 13.2 Å². The average molecular weight is 366 g/mol. The van der Waals surface area contributed by atoms with E-state index in [1.165, 1.54) is 0 Å². The Morgan fingerprint density at radius 3 is 2.89 bits per heavy atom. The molecular weight excluding hydrogens is 344 g/mol. The number of anilines is 2. The summed E-state index contributed by atoms with van der Waals surface area (Å²) >= 11 is 0. The van der Waals surface area contributed by atoms with Gasteiger partial charge in [-0.1, -0.05) is 18.2 Å². The van der Waals surface area contributed by atoms with Crippen LogP contribution in [0.2, 0.25) is 0 Å². The zero-order chi connectivity index (χ0) is 19.4. The second-order valence-electron chi connectivity index (χ2n) is 6.37. The number of rotatable bonds is 6. The molecule has 27 heavy (non-hydrogen) atoms. The summed E-state index contributed by atoms with van der Waals surface area (Å²) < 4.78 is 11.1. The quantitative estimate of drug-likeness (QED) is 0.797. The third-order valence-corrected chi connectivity index (χ3v) is 4.20. The Bertz CT molecular complexity index is 892. The third-order valence-electron chi connectivity index (χ3n) is 4.20. The first-order chi connectivity index (χ1) is 13.0.